The molecule has 19 heavy (non-hydrogen) atoms. The van der Waals surface area contributed by atoms with Gasteiger partial charge in [0.1, 0.15) is 10.8 Å². The number of carbonyl (C=O) groups excluding carboxylic acids is 1. The topological polar surface area (TPSA) is 42.0 Å². The van der Waals surface area contributed by atoms with Crippen LogP contribution in [0.25, 0.3) is 0 Å². The second kappa shape index (κ2) is 6.04. The lowest BCUT2D eigenvalue weighted by atomic mass is 10.1. The van der Waals surface area contributed by atoms with Crippen molar-refractivity contribution >= 4 is 29.1 Å². The van der Waals surface area contributed by atoms with Crippen molar-refractivity contribution in [3.8, 4) is 0 Å². The summed E-state index contributed by atoms with van der Waals surface area (Å²) in [6, 6.07) is 11.0. The van der Waals surface area contributed by atoms with E-state index in [1.54, 1.807) is 12.1 Å². The van der Waals surface area contributed by atoms with Crippen LogP contribution in [-0.4, -0.2) is 10.9 Å². The van der Waals surface area contributed by atoms with Crippen molar-refractivity contribution in [2.75, 3.05) is 0 Å². The van der Waals surface area contributed by atoms with E-state index < -0.39 is 0 Å². The van der Waals surface area contributed by atoms with Gasteiger partial charge in [-0.15, -0.1) is 0 Å². The van der Waals surface area contributed by atoms with Gasteiger partial charge in [-0.05, 0) is 24.6 Å². The Balaban J connectivity index is 2.07. The van der Waals surface area contributed by atoms with E-state index in [1.165, 1.54) is 0 Å². The minimum Gasteiger partial charge on any atom is -0.347 e. The molecular weight excluding hydrogens is 283 g/mol. The molecule has 0 bridgehead atoms. The maximum absolute atomic E-state index is 12.0. The number of nitrogens with one attached hydrogen (secondary N) is 1. The lowest BCUT2D eigenvalue weighted by Gasteiger charge is -2.07. The van der Waals surface area contributed by atoms with E-state index in [0.717, 1.165) is 11.1 Å². The third kappa shape index (κ3) is 3.69. The fourth-order valence-corrected chi connectivity index (χ4v) is 2.00. The summed E-state index contributed by atoms with van der Waals surface area (Å²) in [6.45, 7) is 2.42. The average Bonchev–Trinajstić information content (AvgIpc) is 2.39. The van der Waals surface area contributed by atoms with Crippen LogP contribution in [0.2, 0.25) is 10.2 Å². The number of halogens is 2. The molecule has 98 valence electrons. The molecule has 0 aliphatic rings. The maximum atomic E-state index is 12.0. The standard InChI is InChI=1S/C14H12Cl2N2O/c1-9-3-2-4-10(7-9)8-17-14(19)13-11(15)5-6-12(16)18-13/h2-7H,8H2,1H3,(H,17,19). The Bertz CT molecular complexity index is 614. The summed E-state index contributed by atoms with van der Waals surface area (Å²) >= 11 is 11.7. The van der Waals surface area contributed by atoms with Gasteiger partial charge in [-0.1, -0.05) is 53.0 Å². The van der Waals surface area contributed by atoms with E-state index in [2.05, 4.69) is 10.3 Å². The molecule has 0 saturated heterocycles. The number of amides is 1. The van der Waals surface area contributed by atoms with Crippen molar-refractivity contribution < 1.29 is 4.79 Å². The van der Waals surface area contributed by atoms with Gasteiger partial charge in [0, 0.05) is 6.54 Å². The number of hydrogen-bond donors (Lipinski definition) is 1. The first-order valence-electron chi connectivity index (χ1n) is 5.72. The molecule has 2 aromatic rings. The normalized spacial score (nSPS) is 10.3. The molecule has 1 aromatic heterocycles. The fraction of sp³-hybridized carbons (Fsp3) is 0.143. The molecular formula is C14H12Cl2N2O. The molecule has 1 N–H and O–H groups in total. The number of aromatic nitrogens is 1. The first kappa shape index (κ1) is 13.8. The third-order valence-electron chi connectivity index (χ3n) is 2.56. The van der Waals surface area contributed by atoms with E-state index in [9.17, 15) is 4.79 Å². The number of carbonyl (C=O) groups is 1. The molecule has 0 saturated carbocycles. The molecule has 1 amide bonds. The van der Waals surface area contributed by atoms with Crippen LogP contribution in [0.15, 0.2) is 36.4 Å². The molecule has 2 rings (SSSR count). The summed E-state index contributed by atoms with van der Waals surface area (Å²) < 4.78 is 0. The number of benzene rings is 1. The van der Waals surface area contributed by atoms with Crippen LogP contribution < -0.4 is 5.32 Å². The van der Waals surface area contributed by atoms with Crippen molar-refractivity contribution in [2.24, 2.45) is 0 Å². The van der Waals surface area contributed by atoms with Gasteiger partial charge in [0.2, 0.25) is 0 Å². The number of rotatable bonds is 3. The van der Waals surface area contributed by atoms with E-state index in [1.807, 2.05) is 31.2 Å². The fourth-order valence-electron chi connectivity index (χ4n) is 1.67. The third-order valence-corrected chi connectivity index (χ3v) is 3.08. The second-order valence-corrected chi connectivity index (χ2v) is 4.93. The summed E-state index contributed by atoms with van der Waals surface area (Å²) in [6.07, 6.45) is 0. The lowest BCUT2D eigenvalue weighted by Crippen LogP contribution is -2.24. The van der Waals surface area contributed by atoms with E-state index in [-0.39, 0.29) is 21.8 Å². The zero-order valence-corrected chi connectivity index (χ0v) is 11.8. The Hall–Kier alpha value is -1.58. The van der Waals surface area contributed by atoms with Gasteiger partial charge in [-0.2, -0.15) is 0 Å². The Morgan fingerprint density at radius 2 is 2.05 bits per heavy atom. The molecule has 0 aliphatic heterocycles. The number of aryl methyl sites for hydroxylation is 1. The van der Waals surface area contributed by atoms with Crippen LogP contribution in [0.1, 0.15) is 21.6 Å². The first-order chi connectivity index (χ1) is 9.06. The van der Waals surface area contributed by atoms with Gasteiger partial charge in [-0.3, -0.25) is 4.79 Å². The van der Waals surface area contributed by atoms with Crippen molar-refractivity contribution in [1.29, 1.82) is 0 Å². The van der Waals surface area contributed by atoms with Gasteiger partial charge in [-0.25, -0.2) is 4.98 Å². The van der Waals surface area contributed by atoms with Crippen LogP contribution in [0.5, 0.6) is 0 Å². The molecule has 3 nitrogen and oxygen atoms in total. The number of pyridine rings is 1. The Morgan fingerprint density at radius 1 is 1.26 bits per heavy atom. The van der Waals surface area contributed by atoms with Crippen molar-refractivity contribution in [2.45, 2.75) is 13.5 Å². The maximum Gasteiger partial charge on any atom is 0.271 e. The van der Waals surface area contributed by atoms with Gasteiger partial charge in [0.25, 0.3) is 5.91 Å². The highest BCUT2D eigenvalue weighted by Crippen LogP contribution is 2.16. The Morgan fingerprint density at radius 3 is 2.79 bits per heavy atom. The van der Waals surface area contributed by atoms with E-state index >= 15 is 0 Å². The molecule has 0 radical (unpaired) electrons. The van der Waals surface area contributed by atoms with Crippen LogP contribution in [0, 0.1) is 6.92 Å². The van der Waals surface area contributed by atoms with Crippen LogP contribution >= 0.6 is 23.2 Å². The van der Waals surface area contributed by atoms with Gasteiger partial charge >= 0.3 is 0 Å². The highest BCUT2D eigenvalue weighted by Gasteiger charge is 2.12. The predicted molar refractivity (Wildman–Crippen MR) is 76.6 cm³/mol. The molecule has 1 heterocycles. The molecule has 0 fully saturated rings. The van der Waals surface area contributed by atoms with E-state index in [4.69, 9.17) is 23.2 Å². The van der Waals surface area contributed by atoms with Gasteiger partial charge in [0.05, 0.1) is 5.02 Å². The van der Waals surface area contributed by atoms with E-state index in [0.29, 0.717) is 6.54 Å². The highest BCUT2D eigenvalue weighted by atomic mass is 35.5. The predicted octanol–water partition coefficient (Wildman–Crippen LogP) is 3.63. The second-order valence-electron chi connectivity index (χ2n) is 4.14. The first-order valence-corrected chi connectivity index (χ1v) is 6.47. The van der Waals surface area contributed by atoms with Crippen molar-refractivity contribution in [3.63, 3.8) is 0 Å². The quantitative estimate of drug-likeness (QED) is 0.879. The summed E-state index contributed by atoms with van der Waals surface area (Å²) in [4.78, 5) is 15.9. The Kier molecular flexibility index (Phi) is 4.40. The minimum atomic E-state index is -0.339. The summed E-state index contributed by atoms with van der Waals surface area (Å²) in [5.74, 6) is -0.339. The zero-order valence-electron chi connectivity index (χ0n) is 10.3. The molecule has 0 atom stereocenters. The van der Waals surface area contributed by atoms with Gasteiger partial charge < -0.3 is 5.32 Å². The van der Waals surface area contributed by atoms with Crippen LogP contribution in [-0.2, 0) is 6.54 Å². The number of hydrogen-bond acceptors (Lipinski definition) is 2. The minimum absolute atomic E-state index is 0.141. The van der Waals surface area contributed by atoms with Crippen molar-refractivity contribution in [3.05, 3.63) is 63.4 Å². The monoisotopic (exact) mass is 294 g/mol. The smallest absolute Gasteiger partial charge is 0.271 e. The zero-order chi connectivity index (χ0) is 13.8. The Labute approximate surface area is 121 Å². The summed E-state index contributed by atoms with van der Waals surface area (Å²) in [5.41, 5.74) is 2.30. The summed E-state index contributed by atoms with van der Waals surface area (Å²) in [5, 5.41) is 3.29. The van der Waals surface area contributed by atoms with Crippen LogP contribution in [0.4, 0.5) is 0 Å². The molecule has 5 heteroatoms. The average molecular weight is 295 g/mol. The number of nitrogens with zero attached hydrogens (tertiary/aromatic N) is 1. The molecule has 0 unspecified atom stereocenters. The molecule has 0 spiro atoms. The SMILES string of the molecule is Cc1cccc(CNC(=O)c2nc(Cl)ccc2Cl)c1. The lowest BCUT2D eigenvalue weighted by molar-refractivity contribution is 0.0946. The molecule has 0 aliphatic carbocycles. The van der Waals surface area contributed by atoms with Crippen molar-refractivity contribution in [1.82, 2.24) is 10.3 Å². The summed E-state index contributed by atoms with van der Waals surface area (Å²) in [7, 11) is 0. The van der Waals surface area contributed by atoms with Gasteiger partial charge in [0.15, 0.2) is 0 Å². The molecule has 1 aromatic carbocycles. The largest absolute Gasteiger partial charge is 0.347 e. The van der Waals surface area contributed by atoms with Crippen LogP contribution in [0.3, 0.4) is 0 Å². The highest BCUT2D eigenvalue weighted by molar-refractivity contribution is 6.34.